The molecule has 0 atom stereocenters. The number of nitrogens with zero attached hydrogens (tertiary/aromatic N) is 3. The lowest BCUT2D eigenvalue weighted by molar-refractivity contribution is 0.0182. The van der Waals surface area contributed by atoms with Crippen LogP contribution in [0, 0.1) is 5.92 Å². The lowest BCUT2D eigenvalue weighted by atomic mass is 9.90. The monoisotopic (exact) mass is 359 g/mol. The number of hydrogen-bond donors (Lipinski definition) is 0. The number of amides is 1. The summed E-state index contributed by atoms with van der Waals surface area (Å²) in [4.78, 5) is 33.8. The molecule has 8 heteroatoms. The van der Waals surface area contributed by atoms with E-state index in [1.54, 1.807) is 4.90 Å². The normalized spacial score (nSPS) is 16.3. The molecule has 1 aliphatic heterocycles. The number of carbonyl (C=O) groups is 2. The Morgan fingerprint density at radius 1 is 1.17 bits per heavy atom. The van der Waals surface area contributed by atoms with Crippen LogP contribution >= 0.6 is 23.2 Å². The average molecular weight is 360 g/mol. The zero-order chi connectivity index (χ0) is 17.2. The maximum absolute atomic E-state index is 12.6. The molecule has 2 heterocycles. The van der Waals surface area contributed by atoms with Crippen LogP contribution in [0.1, 0.15) is 44.0 Å². The van der Waals surface area contributed by atoms with Crippen molar-refractivity contribution in [2.24, 2.45) is 5.92 Å². The summed E-state index contributed by atoms with van der Waals surface area (Å²) in [7, 11) is 0. The summed E-state index contributed by atoms with van der Waals surface area (Å²) in [5, 5.41) is 0.120. The predicted octanol–water partition coefficient (Wildman–Crippen LogP) is 3.61. The predicted molar refractivity (Wildman–Crippen MR) is 86.9 cm³/mol. The fourth-order valence-electron chi connectivity index (χ4n) is 2.40. The number of rotatable bonds is 2. The van der Waals surface area contributed by atoms with Crippen LogP contribution in [-0.2, 0) is 4.74 Å². The van der Waals surface area contributed by atoms with E-state index in [1.807, 2.05) is 20.8 Å². The van der Waals surface area contributed by atoms with Crippen molar-refractivity contribution in [1.82, 2.24) is 14.9 Å². The summed E-state index contributed by atoms with van der Waals surface area (Å²) in [6.45, 7) is 6.37. The first-order chi connectivity index (χ1) is 10.7. The number of carbonyl (C=O) groups excluding carboxylic acids is 2. The van der Waals surface area contributed by atoms with Crippen LogP contribution in [0.4, 0.5) is 4.79 Å². The molecular weight excluding hydrogens is 341 g/mol. The lowest BCUT2D eigenvalue weighted by Gasteiger charge is -2.33. The number of aromatic nitrogens is 2. The standard InChI is InChI=1S/C15H19Cl2N3O3/c1-15(2,3)23-14(22)20-6-4-9(5-7-20)11(21)10-12(16)18-8-19-13(10)17/h8-9H,4-7H2,1-3H3. The number of likely N-dealkylation sites (tertiary alicyclic amines) is 1. The van der Waals surface area contributed by atoms with E-state index >= 15 is 0 Å². The van der Waals surface area contributed by atoms with Crippen molar-refractivity contribution in [1.29, 1.82) is 0 Å². The fourth-order valence-corrected chi connectivity index (χ4v) is 2.90. The van der Waals surface area contributed by atoms with Gasteiger partial charge >= 0.3 is 6.09 Å². The minimum absolute atomic E-state index is 0.0598. The third-order valence-corrected chi connectivity index (χ3v) is 4.09. The van der Waals surface area contributed by atoms with Crippen molar-refractivity contribution in [3.8, 4) is 0 Å². The highest BCUT2D eigenvalue weighted by molar-refractivity contribution is 6.38. The molecule has 0 bridgehead atoms. The SMILES string of the molecule is CC(C)(C)OC(=O)N1CCC(C(=O)c2c(Cl)ncnc2Cl)CC1. The molecule has 0 aromatic carbocycles. The minimum atomic E-state index is -0.536. The van der Waals surface area contributed by atoms with E-state index in [9.17, 15) is 9.59 Å². The molecule has 1 aromatic heterocycles. The van der Waals surface area contributed by atoms with Crippen molar-refractivity contribution in [3.63, 3.8) is 0 Å². The zero-order valence-corrected chi connectivity index (χ0v) is 14.8. The summed E-state index contributed by atoms with van der Waals surface area (Å²) >= 11 is 11.9. The molecule has 0 saturated carbocycles. The Bertz CT molecular complexity index is 588. The van der Waals surface area contributed by atoms with Crippen LogP contribution in [0.5, 0.6) is 0 Å². The van der Waals surface area contributed by atoms with Gasteiger partial charge in [0.15, 0.2) is 5.78 Å². The highest BCUT2D eigenvalue weighted by Crippen LogP contribution is 2.28. The van der Waals surface area contributed by atoms with E-state index in [0.717, 1.165) is 0 Å². The third-order valence-electron chi connectivity index (χ3n) is 3.52. The van der Waals surface area contributed by atoms with Crippen molar-refractivity contribution < 1.29 is 14.3 Å². The quantitative estimate of drug-likeness (QED) is 0.595. The molecule has 0 spiro atoms. The molecule has 0 radical (unpaired) electrons. The summed E-state index contributed by atoms with van der Waals surface area (Å²) in [6.07, 6.45) is 1.91. The van der Waals surface area contributed by atoms with Gasteiger partial charge in [-0.3, -0.25) is 4.79 Å². The maximum Gasteiger partial charge on any atom is 0.410 e. The van der Waals surface area contributed by atoms with Crippen LogP contribution in [0.3, 0.4) is 0 Å². The molecule has 1 saturated heterocycles. The molecule has 1 aromatic rings. The van der Waals surface area contributed by atoms with Crippen LogP contribution in [-0.4, -0.2) is 45.4 Å². The first-order valence-corrected chi connectivity index (χ1v) is 8.13. The molecule has 1 amide bonds. The maximum atomic E-state index is 12.6. The topological polar surface area (TPSA) is 72.4 Å². The van der Waals surface area contributed by atoms with E-state index in [4.69, 9.17) is 27.9 Å². The van der Waals surface area contributed by atoms with Crippen LogP contribution < -0.4 is 0 Å². The van der Waals surface area contributed by atoms with Crippen molar-refractivity contribution >= 4 is 35.1 Å². The van der Waals surface area contributed by atoms with Gasteiger partial charge in [0.25, 0.3) is 0 Å². The van der Waals surface area contributed by atoms with Gasteiger partial charge in [0.05, 0.1) is 5.56 Å². The van der Waals surface area contributed by atoms with E-state index in [1.165, 1.54) is 6.33 Å². The van der Waals surface area contributed by atoms with Crippen molar-refractivity contribution in [2.45, 2.75) is 39.2 Å². The van der Waals surface area contributed by atoms with Gasteiger partial charge in [0.2, 0.25) is 0 Å². The fraction of sp³-hybridized carbons (Fsp3) is 0.600. The first kappa shape index (κ1) is 17.9. The van der Waals surface area contributed by atoms with Gasteiger partial charge in [-0.15, -0.1) is 0 Å². The molecule has 0 N–H and O–H groups in total. The summed E-state index contributed by atoms with van der Waals surface area (Å²) < 4.78 is 5.34. The second-order valence-corrected chi connectivity index (χ2v) is 7.15. The van der Waals surface area contributed by atoms with Gasteiger partial charge in [0.1, 0.15) is 22.2 Å². The molecular formula is C15H19Cl2N3O3. The highest BCUT2D eigenvalue weighted by Gasteiger charge is 2.32. The second-order valence-electron chi connectivity index (χ2n) is 6.44. The van der Waals surface area contributed by atoms with Crippen molar-refractivity contribution in [3.05, 3.63) is 22.2 Å². The number of ether oxygens (including phenoxy) is 1. The number of Topliss-reactive ketones (excluding diaryl/α,β-unsaturated/α-hetero) is 1. The average Bonchev–Trinajstić information content (AvgIpc) is 2.45. The number of ketones is 1. The van der Waals surface area contributed by atoms with Crippen LogP contribution in [0.2, 0.25) is 10.3 Å². The summed E-state index contributed by atoms with van der Waals surface area (Å²) in [5.74, 6) is -0.431. The van der Waals surface area contributed by atoms with Crippen molar-refractivity contribution in [2.75, 3.05) is 13.1 Å². The first-order valence-electron chi connectivity index (χ1n) is 7.37. The molecule has 1 fully saturated rings. The van der Waals surface area contributed by atoms with E-state index < -0.39 is 5.60 Å². The molecule has 6 nitrogen and oxygen atoms in total. The number of halogens is 2. The van der Waals surface area contributed by atoms with Gasteiger partial charge in [-0.2, -0.15) is 0 Å². The van der Waals surface area contributed by atoms with Gasteiger partial charge in [-0.1, -0.05) is 23.2 Å². The molecule has 1 aliphatic rings. The number of piperidine rings is 1. The third kappa shape index (κ3) is 4.54. The van der Waals surface area contributed by atoms with E-state index in [-0.39, 0.29) is 33.7 Å². The van der Waals surface area contributed by atoms with Gasteiger partial charge < -0.3 is 9.64 Å². The van der Waals surface area contributed by atoms with Crippen LogP contribution in [0.15, 0.2) is 6.33 Å². The molecule has 2 rings (SSSR count). The molecule has 126 valence electrons. The zero-order valence-electron chi connectivity index (χ0n) is 13.3. The molecule has 23 heavy (non-hydrogen) atoms. The summed E-state index contributed by atoms with van der Waals surface area (Å²) in [5.41, 5.74) is -0.377. The van der Waals surface area contributed by atoms with Gasteiger partial charge in [-0.25, -0.2) is 14.8 Å². The largest absolute Gasteiger partial charge is 0.444 e. The Balaban J connectivity index is 1.99. The van der Waals surface area contributed by atoms with Gasteiger partial charge in [-0.05, 0) is 33.6 Å². The van der Waals surface area contributed by atoms with Crippen LogP contribution in [0.25, 0.3) is 0 Å². The van der Waals surface area contributed by atoms with Gasteiger partial charge in [0, 0.05) is 19.0 Å². The Hall–Kier alpha value is -1.40. The Morgan fingerprint density at radius 3 is 2.17 bits per heavy atom. The Labute approximate surface area is 145 Å². The highest BCUT2D eigenvalue weighted by atomic mass is 35.5. The smallest absolute Gasteiger partial charge is 0.410 e. The second kappa shape index (κ2) is 7.01. The Morgan fingerprint density at radius 2 is 1.70 bits per heavy atom. The minimum Gasteiger partial charge on any atom is -0.444 e. The number of hydrogen-bond acceptors (Lipinski definition) is 5. The molecule has 0 unspecified atom stereocenters. The summed E-state index contributed by atoms with van der Waals surface area (Å²) in [6, 6.07) is 0. The van der Waals surface area contributed by atoms with E-state index in [0.29, 0.717) is 25.9 Å². The molecule has 0 aliphatic carbocycles. The lowest BCUT2D eigenvalue weighted by Crippen LogP contribution is -2.43. The van der Waals surface area contributed by atoms with E-state index in [2.05, 4.69) is 9.97 Å². The Kier molecular flexibility index (Phi) is 5.47.